The third-order valence-electron chi connectivity index (χ3n) is 5.37. The number of hydrogen-bond acceptors (Lipinski definition) is 3. The fourth-order valence-electron chi connectivity index (χ4n) is 3.86. The van der Waals surface area contributed by atoms with Crippen molar-refractivity contribution in [3.63, 3.8) is 0 Å². The molecule has 1 aromatic rings. The van der Waals surface area contributed by atoms with Crippen LogP contribution in [0.25, 0.3) is 0 Å². The highest BCUT2D eigenvalue weighted by Crippen LogP contribution is 2.45. The lowest BCUT2D eigenvalue weighted by atomic mass is 9.74. The first kappa shape index (κ1) is 21.0. The van der Waals surface area contributed by atoms with Gasteiger partial charge in [-0.15, -0.1) is 0 Å². The van der Waals surface area contributed by atoms with Gasteiger partial charge in [-0.05, 0) is 66.4 Å². The predicted octanol–water partition coefficient (Wildman–Crippen LogP) is 4.51. The van der Waals surface area contributed by atoms with Crippen molar-refractivity contribution in [1.82, 2.24) is 4.90 Å². The summed E-state index contributed by atoms with van der Waals surface area (Å²) in [7, 11) is -1.31. The summed E-state index contributed by atoms with van der Waals surface area (Å²) >= 11 is 0. The standard InChI is InChI=1S/C22H32N2O3S/c1-20(2,3)27-19(25)24-13-11-22(12-14-24)15-16-9-7-8-10-17(16)18(22)23-28(26)21(4,5)6/h7-10H,11-15H2,1-6H3. The van der Waals surface area contributed by atoms with Gasteiger partial charge in [0.25, 0.3) is 0 Å². The van der Waals surface area contributed by atoms with E-state index < -0.39 is 21.3 Å². The number of carbonyl (C=O) groups is 1. The monoisotopic (exact) mass is 404 g/mol. The number of hydrogen-bond donors (Lipinski definition) is 0. The second-order valence-corrected chi connectivity index (χ2v) is 11.8. The van der Waals surface area contributed by atoms with E-state index in [9.17, 15) is 9.00 Å². The van der Waals surface area contributed by atoms with Gasteiger partial charge in [-0.1, -0.05) is 24.3 Å². The number of nitrogens with zero attached hydrogens (tertiary/aromatic N) is 2. The van der Waals surface area contributed by atoms with E-state index in [0.717, 1.165) is 30.5 Å². The molecule has 154 valence electrons. The van der Waals surface area contributed by atoms with E-state index in [1.807, 2.05) is 53.7 Å². The molecule has 1 heterocycles. The van der Waals surface area contributed by atoms with E-state index >= 15 is 0 Å². The van der Waals surface area contributed by atoms with Gasteiger partial charge >= 0.3 is 6.09 Å². The first-order chi connectivity index (χ1) is 12.9. The van der Waals surface area contributed by atoms with Crippen molar-refractivity contribution in [1.29, 1.82) is 0 Å². The number of piperidine rings is 1. The van der Waals surface area contributed by atoms with E-state index in [2.05, 4.69) is 12.1 Å². The van der Waals surface area contributed by atoms with Gasteiger partial charge in [0.15, 0.2) is 0 Å². The zero-order valence-electron chi connectivity index (χ0n) is 17.9. The van der Waals surface area contributed by atoms with E-state index in [-0.39, 0.29) is 11.5 Å². The highest BCUT2D eigenvalue weighted by atomic mass is 32.2. The molecule has 0 saturated carbocycles. The molecule has 1 unspecified atom stereocenters. The molecule has 28 heavy (non-hydrogen) atoms. The topological polar surface area (TPSA) is 59.0 Å². The van der Waals surface area contributed by atoms with Crippen molar-refractivity contribution < 1.29 is 13.7 Å². The molecule has 1 spiro atoms. The Morgan fingerprint density at radius 2 is 1.71 bits per heavy atom. The lowest BCUT2D eigenvalue weighted by molar-refractivity contribution is 0.0159. The molecule has 6 heteroatoms. The molecule has 3 rings (SSSR count). The van der Waals surface area contributed by atoms with Gasteiger partial charge in [0, 0.05) is 24.1 Å². The summed E-state index contributed by atoms with van der Waals surface area (Å²) in [5.74, 6) is 0. The van der Waals surface area contributed by atoms with Crippen LogP contribution >= 0.6 is 0 Å². The van der Waals surface area contributed by atoms with Crippen LogP contribution in [-0.4, -0.2) is 44.4 Å². The summed E-state index contributed by atoms with van der Waals surface area (Å²) in [6.45, 7) is 12.8. The van der Waals surface area contributed by atoms with E-state index in [0.29, 0.717) is 13.1 Å². The molecule has 0 N–H and O–H groups in total. The molecule has 1 atom stereocenters. The van der Waals surface area contributed by atoms with Crippen molar-refractivity contribution in [2.75, 3.05) is 13.1 Å². The minimum absolute atomic E-state index is 0.150. The molecule has 0 bridgehead atoms. The second-order valence-electron chi connectivity index (χ2n) is 9.88. The average Bonchev–Trinajstić information content (AvgIpc) is 2.86. The Bertz CT molecular complexity index is 810. The Balaban J connectivity index is 1.86. The molecule has 1 amide bonds. The fraction of sp³-hybridized carbons (Fsp3) is 0.636. The molecule has 2 aliphatic rings. The average molecular weight is 405 g/mol. The minimum Gasteiger partial charge on any atom is -0.444 e. The highest BCUT2D eigenvalue weighted by molar-refractivity contribution is 7.85. The van der Waals surface area contributed by atoms with Gasteiger partial charge in [0.05, 0.1) is 10.5 Å². The van der Waals surface area contributed by atoms with Crippen LogP contribution in [0.4, 0.5) is 4.79 Å². The predicted molar refractivity (Wildman–Crippen MR) is 114 cm³/mol. The van der Waals surface area contributed by atoms with Crippen LogP contribution in [0.1, 0.15) is 65.5 Å². The molecule has 1 fully saturated rings. The lowest BCUT2D eigenvalue weighted by Crippen LogP contribution is -2.47. The molecule has 0 radical (unpaired) electrons. The maximum atomic E-state index is 12.8. The molecule has 1 aromatic carbocycles. The summed E-state index contributed by atoms with van der Waals surface area (Å²) in [5, 5.41) is 0. The molecule has 1 saturated heterocycles. The van der Waals surface area contributed by atoms with Gasteiger partial charge in [-0.25, -0.2) is 9.00 Å². The molecular weight excluding hydrogens is 372 g/mol. The Labute approximate surface area is 171 Å². The zero-order chi connectivity index (χ0) is 20.7. The Hall–Kier alpha value is -1.69. The van der Waals surface area contributed by atoms with Gasteiger partial charge in [-0.2, -0.15) is 4.40 Å². The molecule has 1 aliphatic heterocycles. The van der Waals surface area contributed by atoms with Crippen LogP contribution in [0.2, 0.25) is 0 Å². The van der Waals surface area contributed by atoms with Crippen molar-refractivity contribution in [2.45, 2.75) is 71.2 Å². The number of likely N-dealkylation sites (tertiary alicyclic amines) is 1. The minimum atomic E-state index is -1.31. The number of amides is 1. The van der Waals surface area contributed by atoms with E-state index in [4.69, 9.17) is 9.13 Å². The highest BCUT2D eigenvalue weighted by Gasteiger charge is 2.46. The summed E-state index contributed by atoms with van der Waals surface area (Å²) in [6, 6.07) is 8.29. The van der Waals surface area contributed by atoms with Crippen LogP contribution in [-0.2, 0) is 22.1 Å². The van der Waals surface area contributed by atoms with Crippen molar-refractivity contribution in [3.8, 4) is 0 Å². The van der Waals surface area contributed by atoms with Crippen LogP contribution in [0.15, 0.2) is 28.7 Å². The summed E-state index contributed by atoms with van der Waals surface area (Å²) in [5.41, 5.74) is 2.69. The quantitative estimate of drug-likeness (QED) is 0.692. The number of benzene rings is 1. The van der Waals surface area contributed by atoms with Gasteiger partial charge in [0.2, 0.25) is 0 Å². The van der Waals surface area contributed by atoms with Crippen LogP contribution in [0.5, 0.6) is 0 Å². The second kappa shape index (κ2) is 7.29. The largest absolute Gasteiger partial charge is 0.444 e. The van der Waals surface area contributed by atoms with Gasteiger partial charge in [-0.3, -0.25) is 0 Å². The maximum absolute atomic E-state index is 12.8. The number of rotatable bonds is 1. The molecule has 1 aliphatic carbocycles. The molecule has 5 nitrogen and oxygen atoms in total. The lowest BCUT2D eigenvalue weighted by Gasteiger charge is -2.40. The first-order valence-corrected chi connectivity index (χ1v) is 11.1. The zero-order valence-corrected chi connectivity index (χ0v) is 18.7. The first-order valence-electron chi connectivity index (χ1n) is 9.99. The van der Waals surface area contributed by atoms with Gasteiger partial charge in [0.1, 0.15) is 16.6 Å². The summed E-state index contributed by atoms with van der Waals surface area (Å²) in [6.07, 6.45) is 2.25. The van der Waals surface area contributed by atoms with Crippen LogP contribution in [0.3, 0.4) is 0 Å². The third kappa shape index (κ3) is 4.32. The number of carbonyl (C=O) groups excluding carboxylic acids is 1. The number of ether oxygens (including phenoxy) is 1. The van der Waals surface area contributed by atoms with Crippen LogP contribution < -0.4 is 0 Å². The van der Waals surface area contributed by atoms with E-state index in [1.165, 1.54) is 5.56 Å². The van der Waals surface area contributed by atoms with E-state index in [1.54, 1.807) is 4.90 Å². The fourth-order valence-corrected chi connectivity index (χ4v) is 4.59. The smallest absolute Gasteiger partial charge is 0.410 e. The Morgan fingerprint density at radius 1 is 1.11 bits per heavy atom. The normalized spacial score (nSPS) is 21.6. The van der Waals surface area contributed by atoms with Crippen LogP contribution in [0, 0.1) is 5.41 Å². The summed E-state index contributed by atoms with van der Waals surface area (Å²) < 4.78 is 22.7. The third-order valence-corrected chi connectivity index (χ3v) is 6.77. The Kier molecular flexibility index (Phi) is 5.47. The number of fused-ring (bicyclic) bond motifs is 1. The van der Waals surface area contributed by atoms with Crippen molar-refractivity contribution >= 4 is 22.8 Å². The molecule has 0 aromatic heterocycles. The summed E-state index contributed by atoms with van der Waals surface area (Å²) in [4.78, 5) is 14.2. The maximum Gasteiger partial charge on any atom is 0.410 e. The molecular formula is C22H32N2O3S. The van der Waals surface area contributed by atoms with Crippen molar-refractivity contribution in [2.24, 2.45) is 9.81 Å². The van der Waals surface area contributed by atoms with Crippen molar-refractivity contribution in [3.05, 3.63) is 35.4 Å². The Morgan fingerprint density at radius 3 is 2.29 bits per heavy atom. The van der Waals surface area contributed by atoms with Gasteiger partial charge < -0.3 is 9.64 Å². The SMILES string of the molecule is CC(C)(C)OC(=O)N1CCC2(CC1)Cc1ccccc1C2=NS(=O)C(C)(C)C.